The molecule has 1 aromatic rings. The first-order valence-electron chi connectivity index (χ1n) is 8.43. The second kappa shape index (κ2) is 10.0. The van der Waals surface area contributed by atoms with Crippen LogP contribution in [0.15, 0.2) is 35.5 Å². The van der Waals surface area contributed by atoms with Gasteiger partial charge >= 0.3 is 0 Å². The summed E-state index contributed by atoms with van der Waals surface area (Å²) in [5, 5.41) is 0. The van der Waals surface area contributed by atoms with Crippen LogP contribution in [-0.2, 0) is 25.6 Å². The lowest BCUT2D eigenvalue weighted by Gasteiger charge is -2.28. The topological polar surface area (TPSA) is 72.2 Å². The van der Waals surface area contributed by atoms with Crippen LogP contribution in [0.5, 0.6) is 0 Å². The van der Waals surface area contributed by atoms with Crippen molar-refractivity contribution in [2.45, 2.75) is 25.5 Å². The Morgan fingerprint density at radius 1 is 1.40 bits per heavy atom. The van der Waals surface area contributed by atoms with Crippen molar-refractivity contribution in [2.24, 2.45) is 0 Å². The van der Waals surface area contributed by atoms with Crippen molar-refractivity contribution >= 4 is 11.8 Å². The van der Waals surface area contributed by atoms with Crippen LogP contribution in [0.1, 0.15) is 18.6 Å². The van der Waals surface area contributed by atoms with Gasteiger partial charge in [-0.3, -0.25) is 9.59 Å². The molecule has 1 unspecified atom stereocenters. The highest BCUT2D eigenvalue weighted by Crippen LogP contribution is 2.16. The standard InChI is InChI=1S/C18H26N2O5/c1-3-8-19(18(22)14-23-2)13-17(21)20(11-15-6-4-9-24-15)12-16-7-5-10-25-16/h3-4,6,9,16H,1,5,7-8,10-14H2,2H3. The molecule has 2 amide bonds. The van der Waals surface area contributed by atoms with Gasteiger partial charge in [0.15, 0.2) is 0 Å². The van der Waals surface area contributed by atoms with E-state index in [0.29, 0.717) is 25.4 Å². The van der Waals surface area contributed by atoms with E-state index in [2.05, 4.69) is 6.58 Å². The molecule has 0 aliphatic carbocycles. The summed E-state index contributed by atoms with van der Waals surface area (Å²) < 4.78 is 15.9. The highest BCUT2D eigenvalue weighted by Gasteiger charge is 2.25. The van der Waals surface area contributed by atoms with Gasteiger partial charge in [-0.2, -0.15) is 0 Å². The molecule has 0 spiro atoms. The second-order valence-electron chi connectivity index (χ2n) is 5.98. The lowest BCUT2D eigenvalue weighted by atomic mass is 10.2. The fourth-order valence-corrected chi connectivity index (χ4v) is 2.77. The molecule has 1 atom stereocenters. The van der Waals surface area contributed by atoms with Crippen molar-refractivity contribution in [3.05, 3.63) is 36.8 Å². The average molecular weight is 350 g/mol. The van der Waals surface area contributed by atoms with Crippen molar-refractivity contribution in [2.75, 3.05) is 40.0 Å². The Labute approximate surface area is 148 Å². The molecule has 1 aliphatic rings. The van der Waals surface area contributed by atoms with E-state index in [0.717, 1.165) is 19.4 Å². The van der Waals surface area contributed by atoms with E-state index in [9.17, 15) is 9.59 Å². The van der Waals surface area contributed by atoms with E-state index in [1.165, 1.54) is 12.0 Å². The van der Waals surface area contributed by atoms with Gasteiger partial charge < -0.3 is 23.7 Å². The third-order valence-corrected chi connectivity index (χ3v) is 4.02. The summed E-state index contributed by atoms with van der Waals surface area (Å²) in [4.78, 5) is 28.0. The van der Waals surface area contributed by atoms with Crippen LogP contribution in [0.25, 0.3) is 0 Å². The highest BCUT2D eigenvalue weighted by molar-refractivity contribution is 5.85. The fourth-order valence-electron chi connectivity index (χ4n) is 2.77. The van der Waals surface area contributed by atoms with Crippen LogP contribution >= 0.6 is 0 Å². The van der Waals surface area contributed by atoms with E-state index in [1.807, 2.05) is 6.07 Å². The van der Waals surface area contributed by atoms with Crippen LogP contribution in [0.2, 0.25) is 0 Å². The number of carbonyl (C=O) groups is 2. The Bertz CT molecular complexity index is 552. The number of nitrogens with zero attached hydrogens (tertiary/aromatic N) is 2. The van der Waals surface area contributed by atoms with Crippen molar-refractivity contribution in [1.29, 1.82) is 0 Å². The number of amides is 2. The zero-order chi connectivity index (χ0) is 18.1. The largest absolute Gasteiger partial charge is 0.467 e. The van der Waals surface area contributed by atoms with Gasteiger partial charge in [-0.15, -0.1) is 6.58 Å². The molecule has 0 aromatic carbocycles. The van der Waals surface area contributed by atoms with E-state index < -0.39 is 0 Å². The van der Waals surface area contributed by atoms with Crippen LogP contribution in [0, 0.1) is 0 Å². The third kappa shape index (κ3) is 6.03. The minimum absolute atomic E-state index is 0.0261. The zero-order valence-electron chi connectivity index (χ0n) is 14.7. The van der Waals surface area contributed by atoms with Crippen LogP contribution in [0.3, 0.4) is 0 Å². The molecular formula is C18H26N2O5. The molecule has 0 radical (unpaired) electrons. The Hall–Kier alpha value is -2.12. The smallest absolute Gasteiger partial charge is 0.249 e. The molecule has 7 heteroatoms. The molecule has 0 bridgehead atoms. The number of hydrogen-bond donors (Lipinski definition) is 0. The number of hydrogen-bond acceptors (Lipinski definition) is 5. The molecule has 2 heterocycles. The Kier molecular flexibility index (Phi) is 7.69. The van der Waals surface area contributed by atoms with Gasteiger partial charge in [-0.25, -0.2) is 0 Å². The first-order valence-corrected chi connectivity index (χ1v) is 8.43. The fraction of sp³-hybridized carbons (Fsp3) is 0.556. The summed E-state index contributed by atoms with van der Waals surface area (Å²) in [6.45, 7) is 5.41. The SMILES string of the molecule is C=CCN(CC(=O)N(Cc1ccco1)CC1CCCO1)C(=O)COC. The monoisotopic (exact) mass is 350 g/mol. The first kappa shape index (κ1) is 19.2. The predicted molar refractivity (Wildman–Crippen MR) is 91.8 cm³/mol. The lowest BCUT2D eigenvalue weighted by molar-refractivity contribution is -0.143. The Morgan fingerprint density at radius 3 is 2.84 bits per heavy atom. The van der Waals surface area contributed by atoms with E-state index in [1.54, 1.807) is 23.3 Å². The molecule has 138 valence electrons. The van der Waals surface area contributed by atoms with Gasteiger partial charge in [0.05, 0.1) is 18.9 Å². The number of ether oxygens (including phenoxy) is 2. The quantitative estimate of drug-likeness (QED) is 0.597. The maximum absolute atomic E-state index is 12.8. The minimum atomic E-state index is -0.245. The molecular weight excluding hydrogens is 324 g/mol. The molecule has 1 saturated heterocycles. The van der Waals surface area contributed by atoms with Gasteiger partial charge in [0.2, 0.25) is 11.8 Å². The highest BCUT2D eigenvalue weighted by atomic mass is 16.5. The van der Waals surface area contributed by atoms with Crippen molar-refractivity contribution in [3.8, 4) is 0 Å². The van der Waals surface area contributed by atoms with Crippen molar-refractivity contribution < 1.29 is 23.5 Å². The maximum Gasteiger partial charge on any atom is 0.249 e. The number of methoxy groups -OCH3 is 1. The Balaban J connectivity index is 2.03. The van der Waals surface area contributed by atoms with Gasteiger partial charge in [0.25, 0.3) is 0 Å². The predicted octanol–water partition coefficient (Wildman–Crippen LogP) is 1.45. The van der Waals surface area contributed by atoms with E-state index in [4.69, 9.17) is 13.9 Å². The molecule has 7 nitrogen and oxygen atoms in total. The number of furan rings is 1. The van der Waals surface area contributed by atoms with Gasteiger partial charge in [-0.05, 0) is 25.0 Å². The van der Waals surface area contributed by atoms with E-state index >= 15 is 0 Å². The summed E-state index contributed by atoms with van der Waals surface area (Å²) in [7, 11) is 1.45. The molecule has 1 fully saturated rings. The number of rotatable bonds is 10. The molecule has 1 aliphatic heterocycles. The second-order valence-corrected chi connectivity index (χ2v) is 5.98. The van der Waals surface area contributed by atoms with Crippen LogP contribution < -0.4 is 0 Å². The third-order valence-electron chi connectivity index (χ3n) is 4.02. The van der Waals surface area contributed by atoms with Gasteiger partial charge in [0.1, 0.15) is 18.9 Å². The van der Waals surface area contributed by atoms with Crippen molar-refractivity contribution in [3.63, 3.8) is 0 Å². The van der Waals surface area contributed by atoms with Crippen LogP contribution in [-0.4, -0.2) is 67.7 Å². The Morgan fingerprint density at radius 2 is 2.24 bits per heavy atom. The van der Waals surface area contributed by atoms with Crippen LogP contribution in [0.4, 0.5) is 0 Å². The van der Waals surface area contributed by atoms with Gasteiger partial charge in [-0.1, -0.05) is 6.08 Å². The first-order chi connectivity index (χ1) is 12.1. The summed E-state index contributed by atoms with van der Waals surface area (Å²) >= 11 is 0. The lowest BCUT2D eigenvalue weighted by Crippen LogP contribution is -2.45. The average Bonchev–Trinajstić information content (AvgIpc) is 3.28. The molecule has 2 rings (SSSR count). The van der Waals surface area contributed by atoms with Crippen molar-refractivity contribution in [1.82, 2.24) is 9.80 Å². The molecule has 1 aromatic heterocycles. The summed E-state index contributed by atoms with van der Waals surface area (Å²) in [5.74, 6) is 0.300. The summed E-state index contributed by atoms with van der Waals surface area (Å²) in [6.07, 6.45) is 5.14. The maximum atomic E-state index is 12.8. The van der Waals surface area contributed by atoms with Gasteiger partial charge in [0, 0.05) is 26.8 Å². The zero-order valence-corrected chi connectivity index (χ0v) is 14.7. The summed E-state index contributed by atoms with van der Waals surface area (Å²) in [5.41, 5.74) is 0. The molecule has 25 heavy (non-hydrogen) atoms. The molecule has 0 N–H and O–H groups in total. The minimum Gasteiger partial charge on any atom is -0.467 e. The normalized spacial score (nSPS) is 16.6. The van der Waals surface area contributed by atoms with E-state index in [-0.39, 0.29) is 31.1 Å². The number of carbonyl (C=O) groups excluding carboxylic acids is 2. The molecule has 0 saturated carbocycles. The summed E-state index contributed by atoms with van der Waals surface area (Å²) in [6, 6.07) is 3.61.